The number of alkyl halides is 1. The van der Waals surface area contributed by atoms with E-state index in [0.29, 0.717) is 11.4 Å². The SMILES string of the molecule is CBr.Cc1ccc(C2=NCC(=O)Cc3ccc(Cl)cc32)cc1. The minimum absolute atomic E-state index is 0.135. The van der Waals surface area contributed by atoms with Gasteiger partial charge in [0.2, 0.25) is 0 Å². The summed E-state index contributed by atoms with van der Waals surface area (Å²) in [6, 6.07) is 13.8. The summed E-state index contributed by atoms with van der Waals surface area (Å²) in [5.41, 5.74) is 5.04. The molecule has 0 amide bonds. The normalized spacial score (nSPS) is 13.5. The van der Waals surface area contributed by atoms with Crippen LogP contribution in [-0.4, -0.2) is 23.9 Å². The van der Waals surface area contributed by atoms with Gasteiger partial charge in [-0.3, -0.25) is 9.79 Å². The number of benzene rings is 2. The molecule has 1 aliphatic rings. The Morgan fingerprint density at radius 1 is 1.09 bits per heavy atom. The number of carbonyl (C=O) groups excluding carboxylic acids is 1. The molecule has 0 fully saturated rings. The van der Waals surface area contributed by atoms with Crippen molar-refractivity contribution < 1.29 is 4.79 Å². The number of aliphatic imine (C=N–C) groups is 1. The quantitative estimate of drug-likeness (QED) is 0.666. The lowest BCUT2D eigenvalue weighted by molar-refractivity contribution is -0.117. The number of hydrogen-bond donors (Lipinski definition) is 0. The van der Waals surface area contributed by atoms with E-state index in [4.69, 9.17) is 11.6 Å². The number of fused-ring (bicyclic) bond motifs is 1. The average Bonchev–Trinajstić information content (AvgIpc) is 2.69. The first-order chi connectivity index (χ1) is 10.6. The number of Topliss-reactive ketones (excluding diaryl/α,β-unsaturated/α-hetero) is 1. The van der Waals surface area contributed by atoms with Crippen molar-refractivity contribution in [1.82, 2.24) is 0 Å². The van der Waals surface area contributed by atoms with Gasteiger partial charge in [0.1, 0.15) is 0 Å². The highest BCUT2D eigenvalue weighted by atomic mass is 79.9. The van der Waals surface area contributed by atoms with Crippen molar-refractivity contribution in [3.8, 4) is 0 Å². The molecule has 0 aliphatic carbocycles. The van der Waals surface area contributed by atoms with Crippen LogP contribution in [0.5, 0.6) is 0 Å². The predicted octanol–water partition coefficient (Wildman–Crippen LogP) is 4.62. The fourth-order valence-corrected chi connectivity index (χ4v) is 2.57. The van der Waals surface area contributed by atoms with Crippen molar-refractivity contribution in [2.75, 3.05) is 12.4 Å². The van der Waals surface area contributed by atoms with Crippen LogP contribution in [-0.2, 0) is 11.2 Å². The van der Waals surface area contributed by atoms with Crippen LogP contribution >= 0.6 is 27.5 Å². The van der Waals surface area contributed by atoms with Crippen molar-refractivity contribution in [3.05, 3.63) is 69.7 Å². The molecule has 3 rings (SSSR count). The number of halogens is 2. The number of ketones is 1. The largest absolute Gasteiger partial charge is 0.297 e. The molecule has 0 aromatic heterocycles. The van der Waals surface area contributed by atoms with Crippen LogP contribution in [0.3, 0.4) is 0 Å². The van der Waals surface area contributed by atoms with Crippen LogP contribution in [0.15, 0.2) is 47.5 Å². The Bertz CT molecular complexity index is 708. The first-order valence-corrected chi connectivity index (χ1v) is 8.89. The van der Waals surface area contributed by atoms with E-state index < -0.39 is 0 Å². The van der Waals surface area contributed by atoms with Crippen LogP contribution in [0.1, 0.15) is 22.3 Å². The lowest BCUT2D eigenvalue weighted by atomic mass is 9.95. The van der Waals surface area contributed by atoms with Crippen LogP contribution in [0.4, 0.5) is 0 Å². The molecule has 0 spiro atoms. The molecule has 0 N–H and O–H groups in total. The Morgan fingerprint density at radius 3 is 2.45 bits per heavy atom. The lowest BCUT2D eigenvalue weighted by Crippen LogP contribution is -2.06. The third-order valence-electron chi connectivity index (χ3n) is 3.45. The molecular weight excluding hydrogens is 362 g/mol. The molecule has 0 bridgehead atoms. The van der Waals surface area contributed by atoms with Crippen molar-refractivity contribution in [3.63, 3.8) is 0 Å². The number of rotatable bonds is 1. The Balaban J connectivity index is 0.000000847. The summed E-state index contributed by atoms with van der Waals surface area (Å²) in [4.78, 5) is 16.3. The maximum absolute atomic E-state index is 11.8. The predicted molar refractivity (Wildman–Crippen MR) is 96.7 cm³/mol. The van der Waals surface area contributed by atoms with Crippen LogP contribution in [0.2, 0.25) is 5.02 Å². The Kier molecular flexibility index (Phi) is 5.92. The van der Waals surface area contributed by atoms with Crippen molar-refractivity contribution in [1.29, 1.82) is 0 Å². The van der Waals surface area contributed by atoms with Crippen molar-refractivity contribution in [2.24, 2.45) is 4.99 Å². The summed E-state index contributed by atoms with van der Waals surface area (Å²) >= 11 is 9.04. The zero-order chi connectivity index (χ0) is 16.1. The molecule has 2 aromatic carbocycles. The maximum atomic E-state index is 11.8. The van der Waals surface area contributed by atoms with Gasteiger partial charge in [-0.2, -0.15) is 0 Å². The fourth-order valence-electron chi connectivity index (χ4n) is 2.40. The molecule has 0 saturated carbocycles. The molecule has 4 heteroatoms. The van der Waals surface area contributed by atoms with Crippen LogP contribution < -0.4 is 0 Å². The zero-order valence-electron chi connectivity index (χ0n) is 12.6. The van der Waals surface area contributed by atoms with Gasteiger partial charge < -0.3 is 0 Å². The van der Waals surface area contributed by atoms with Gasteiger partial charge in [0.25, 0.3) is 0 Å². The maximum Gasteiger partial charge on any atom is 0.158 e. The van der Waals surface area contributed by atoms with E-state index in [1.165, 1.54) is 5.56 Å². The van der Waals surface area contributed by atoms with E-state index >= 15 is 0 Å². The molecule has 1 heterocycles. The van der Waals surface area contributed by atoms with E-state index in [9.17, 15) is 4.79 Å². The number of carbonyl (C=O) groups is 1. The van der Waals surface area contributed by atoms with E-state index in [1.54, 1.807) is 0 Å². The second-order valence-electron chi connectivity index (χ2n) is 5.05. The summed E-state index contributed by atoms with van der Waals surface area (Å²) in [5, 5.41) is 0.665. The van der Waals surface area contributed by atoms with Crippen LogP contribution in [0.25, 0.3) is 0 Å². The third-order valence-corrected chi connectivity index (χ3v) is 3.69. The smallest absolute Gasteiger partial charge is 0.158 e. The first kappa shape index (κ1) is 16.9. The fraction of sp³-hybridized carbons (Fsp3) is 0.222. The number of nitrogens with zero attached hydrogens (tertiary/aromatic N) is 1. The topological polar surface area (TPSA) is 29.4 Å². The molecule has 2 aromatic rings. The summed E-state index contributed by atoms with van der Waals surface area (Å²) in [5.74, 6) is 1.95. The van der Waals surface area contributed by atoms with Crippen molar-refractivity contribution in [2.45, 2.75) is 13.3 Å². The third kappa shape index (κ3) is 3.84. The van der Waals surface area contributed by atoms with Gasteiger partial charge >= 0.3 is 0 Å². The lowest BCUT2D eigenvalue weighted by Gasteiger charge is -2.10. The molecule has 22 heavy (non-hydrogen) atoms. The Labute approximate surface area is 144 Å². The van der Waals surface area contributed by atoms with E-state index in [-0.39, 0.29) is 12.3 Å². The van der Waals surface area contributed by atoms with Crippen molar-refractivity contribution >= 4 is 39.0 Å². The standard InChI is InChI=1S/C17H14ClNO.CH3Br/c1-11-2-4-12(5-3-11)17-16-9-14(18)7-6-13(16)8-15(20)10-19-17;1-2/h2-7,9H,8,10H2,1H3;1H3. The second-order valence-corrected chi connectivity index (χ2v) is 5.48. The Morgan fingerprint density at radius 2 is 1.77 bits per heavy atom. The van der Waals surface area contributed by atoms with Gasteiger partial charge in [-0.1, -0.05) is 63.4 Å². The summed E-state index contributed by atoms with van der Waals surface area (Å²) in [7, 11) is 0. The Hall–Kier alpha value is -1.45. The van der Waals surface area contributed by atoms with E-state index in [2.05, 4.69) is 33.1 Å². The van der Waals surface area contributed by atoms with E-state index in [0.717, 1.165) is 22.4 Å². The first-order valence-electron chi connectivity index (χ1n) is 6.93. The molecule has 0 unspecified atom stereocenters. The zero-order valence-corrected chi connectivity index (χ0v) is 14.9. The molecule has 0 atom stereocenters. The van der Waals surface area contributed by atoms with Gasteiger partial charge in [-0.25, -0.2) is 0 Å². The minimum atomic E-state index is 0.135. The second kappa shape index (κ2) is 7.70. The van der Waals surface area contributed by atoms with Gasteiger partial charge in [0.05, 0.1) is 12.3 Å². The molecular formula is C18H17BrClNO. The monoisotopic (exact) mass is 377 g/mol. The van der Waals surface area contributed by atoms with Gasteiger partial charge in [-0.15, -0.1) is 0 Å². The molecule has 0 saturated heterocycles. The highest BCUT2D eigenvalue weighted by molar-refractivity contribution is 9.08. The molecule has 1 aliphatic heterocycles. The summed E-state index contributed by atoms with van der Waals surface area (Å²) in [6.07, 6.45) is 0.422. The van der Waals surface area contributed by atoms with Gasteiger partial charge in [-0.05, 0) is 30.5 Å². The van der Waals surface area contributed by atoms with Gasteiger partial charge in [0.15, 0.2) is 5.78 Å². The molecule has 114 valence electrons. The summed E-state index contributed by atoms with van der Waals surface area (Å²) < 4.78 is 0. The average molecular weight is 379 g/mol. The number of aryl methyl sites for hydroxylation is 1. The highest BCUT2D eigenvalue weighted by Gasteiger charge is 2.18. The molecule has 2 nitrogen and oxygen atoms in total. The van der Waals surface area contributed by atoms with E-state index in [1.807, 2.05) is 43.1 Å². The highest BCUT2D eigenvalue weighted by Crippen LogP contribution is 2.23. The van der Waals surface area contributed by atoms with Crippen LogP contribution in [0, 0.1) is 6.92 Å². The summed E-state index contributed by atoms with van der Waals surface area (Å²) in [6.45, 7) is 2.28. The van der Waals surface area contributed by atoms with Gasteiger partial charge in [0, 0.05) is 22.6 Å². The molecule has 0 radical (unpaired) electrons. The minimum Gasteiger partial charge on any atom is -0.297 e. The number of hydrogen-bond acceptors (Lipinski definition) is 2.